The van der Waals surface area contributed by atoms with Crippen LogP contribution in [0.2, 0.25) is 0 Å². The highest BCUT2D eigenvalue weighted by molar-refractivity contribution is 5.79. The number of aromatic nitrogens is 3. The molecule has 0 unspecified atom stereocenters. The first-order valence-electron chi connectivity index (χ1n) is 8.24. The van der Waals surface area contributed by atoms with Gasteiger partial charge in [0.15, 0.2) is 0 Å². The third-order valence-electron chi connectivity index (χ3n) is 4.18. The van der Waals surface area contributed by atoms with Crippen molar-refractivity contribution in [1.82, 2.24) is 20.5 Å². The summed E-state index contributed by atoms with van der Waals surface area (Å²) in [7, 11) is 0. The maximum Gasteiger partial charge on any atom is 0.417 e. The summed E-state index contributed by atoms with van der Waals surface area (Å²) < 4.78 is 43.1. The summed E-state index contributed by atoms with van der Waals surface area (Å²) in [4.78, 5) is 17.9. The zero-order chi connectivity index (χ0) is 18.7. The summed E-state index contributed by atoms with van der Waals surface area (Å²) >= 11 is 0. The van der Waals surface area contributed by atoms with Crippen molar-refractivity contribution in [1.29, 1.82) is 0 Å². The summed E-state index contributed by atoms with van der Waals surface area (Å²) in [5.74, 6) is 0.852. The standard InChI is InChI=1S/C16H18F3N5O2/c1-2-13-22-23-14(26-13)8-21-15(25)10-5-6-24(9-10)12-4-3-11(7-20-12)16(17,18)19/h3-4,7,10H,2,5-6,8-9H2,1H3,(H,21,25)/t10-/m0/s1. The Bertz CT molecular complexity index is 760. The Morgan fingerprint density at radius 1 is 1.35 bits per heavy atom. The molecule has 0 aromatic carbocycles. The summed E-state index contributed by atoms with van der Waals surface area (Å²) in [5.41, 5.74) is -0.791. The van der Waals surface area contributed by atoms with Gasteiger partial charge in [-0.15, -0.1) is 10.2 Å². The van der Waals surface area contributed by atoms with E-state index in [0.29, 0.717) is 43.5 Å². The van der Waals surface area contributed by atoms with Gasteiger partial charge >= 0.3 is 6.18 Å². The Kier molecular flexibility index (Phi) is 5.10. The molecule has 1 N–H and O–H groups in total. The molecule has 1 fully saturated rings. The van der Waals surface area contributed by atoms with Gasteiger partial charge in [0, 0.05) is 25.7 Å². The van der Waals surface area contributed by atoms with E-state index >= 15 is 0 Å². The first kappa shape index (κ1) is 18.2. The molecule has 0 radical (unpaired) electrons. The van der Waals surface area contributed by atoms with Crippen LogP contribution in [0.5, 0.6) is 0 Å². The molecule has 0 bridgehead atoms. The van der Waals surface area contributed by atoms with Crippen molar-refractivity contribution in [3.05, 3.63) is 35.7 Å². The second-order valence-electron chi connectivity index (χ2n) is 6.00. The average Bonchev–Trinajstić information content (AvgIpc) is 3.28. The molecule has 0 spiro atoms. The predicted molar refractivity (Wildman–Crippen MR) is 85.1 cm³/mol. The molecular formula is C16H18F3N5O2. The Morgan fingerprint density at radius 3 is 2.73 bits per heavy atom. The largest absolute Gasteiger partial charge is 0.423 e. The van der Waals surface area contributed by atoms with Crippen LogP contribution in [0.3, 0.4) is 0 Å². The quantitative estimate of drug-likeness (QED) is 0.870. The van der Waals surface area contributed by atoms with E-state index in [9.17, 15) is 18.0 Å². The monoisotopic (exact) mass is 369 g/mol. The zero-order valence-corrected chi connectivity index (χ0v) is 14.1. The van der Waals surface area contributed by atoms with Crippen LogP contribution in [-0.2, 0) is 23.9 Å². The number of hydrogen-bond donors (Lipinski definition) is 1. The van der Waals surface area contributed by atoms with Crippen LogP contribution < -0.4 is 10.2 Å². The van der Waals surface area contributed by atoms with E-state index in [1.165, 1.54) is 6.07 Å². The van der Waals surface area contributed by atoms with E-state index in [0.717, 1.165) is 12.3 Å². The van der Waals surface area contributed by atoms with Gasteiger partial charge in [-0.1, -0.05) is 6.92 Å². The summed E-state index contributed by atoms with van der Waals surface area (Å²) in [6.45, 7) is 2.99. The maximum atomic E-state index is 12.6. The third kappa shape index (κ3) is 4.12. The second kappa shape index (κ2) is 7.30. The Labute approximate surface area is 147 Å². The molecule has 10 heteroatoms. The van der Waals surface area contributed by atoms with Crippen LogP contribution in [-0.4, -0.2) is 34.2 Å². The van der Waals surface area contributed by atoms with Crippen molar-refractivity contribution < 1.29 is 22.4 Å². The van der Waals surface area contributed by atoms with Gasteiger partial charge in [-0.25, -0.2) is 4.98 Å². The van der Waals surface area contributed by atoms with Gasteiger partial charge in [-0.2, -0.15) is 13.2 Å². The fourth-order valence-corrected chi connectivity index (χ4v) is 2.73. The maximum absolute atomic E-state index is 12.6. The van der Waals surface area contributed by atoms with E-state index < -0.39 is 11.7 Å². The molecule has 2 aromatic heterocycles. The minimum absolute atomic E-state index is 0.154. The number of anilines is 1. The topological polar surface area (TPSA) is 84.2 Å². The van der Waals surface area contributed by atoms with Crippen molar-refractivity contribution in [3.63, 3.8) is 0 Å². The molecule has 3 rings (SSSR count). The normalized spacial score (nSPS) is 17.5. The molecular weight excluding hydrogens is 351 g/mol. The van der Waals surface area contributed by atoms with E-state index in [2.05, 4.69) is 20.5 Å². The number of rotatable bonds is 5. The molecule has 140 valence electrons. The highest BCUT2D eigenvalue weighted by Gasteiger charge is 2.32. The van der Waals surface area contributed by atoms with E-state index in [1.807, 2.05) is 6.92 Å². The van der Waals surface area contributed by atoms with Gasteiger partial charge < -0.3 is 14.6 Å². The fraction of sp³-hybridized carbons (Fsp3) is 0.500. The Morgan fingerprint density at radius 2 is 2.12 bits per heavy atom. The van der Waals surface area contributed by atoms with Crippen LogP contribution in [0, 0.1) is 5.92 Å². The van der Waals surface area contributed by atoms with Crippen molar-refractivity contribution >= 4 is 11.7 Å². The number of nitrogens with zero attached hydrogens (tertiary/aromatic N) is 4. The van der Waals surface area contributed by atoms with Crippen LogP contribution >= 0.6 is 0 Å². The Hall–Kier alpha value is -2.65. The molecule has 1 atom stereocenters. The molecule has 1 aliphatic rings. The van der Waals surface area contributed by atoms with Crippen LogP contribution in [0.15, 0.2) is 22.7 Å². The van der Waals surface area contributed by atoms with Crippen LogP contribution in [0.25, 0.3) is 0 Å². The highest BCUT2D eigenvalue weighted by atomic mass is 19.4. The lowest BCUT2D eigenvalue weighted by molar-refractivity contribution is -0.137. The number of nitrogens with one attached hydrogen (secondary N) is 1. The first-order chi connectivity index (χ1) is 12.4. The Balaban J connectivity index is 1.53. The number of pyridine rings is 1. The minimum Gasteiger partial charge on any atom is -0.423 e. The molecule has 0 saturated carbocycles. The summed E-state index contributed by atoms with van der Waals surface area (Å²) in [6.07, 6.45) is -2.38. The smallest absolute Gasteiger partial charge is 0.417 e. The van der Waals surface area contributed by atoms with E-state index in [4.69, 9.17) is 4.42 Å². The van der Waals surface area contributed by atoms with Crippen molar-refractivity contribution in [2.45, 2.75) is 32.5 Å². The average molecular weight is 369 g/mol. The zero-order valence-electron chi connectivity index (χ0n) is 14.1. The minimum atomic E-state index is -4.41. The highest BCUT2D eigenvalue weighted by Crippen LogP contribution is 2.30. The van der Waals surface area contributed by atoms with Crippen molar-refractivity contribution in [2.75, 3.05) is 18.0 Å². The molecule has 26 heavy (non-hydrogen) atoms. The SMILES string of the molecule is CCc1nnc(CNC(=O)[C@H]2CCN(c3ccc(C(F)(F)F)cn3)C2)o1. The molecule has 2 aromatic rings. The number of carbonyl (C=O) groups excluding carboxylic acids is 1. The van der Waals surface area contributed by atoms with Gasteiger partial charge in [0.1, 0.15) is 5.82 Å². The van der Waals surface area contributed by atoms with E-state index in [-0.39, 0.29) is 18.4 Å². The van der Waals surface area contributed by atoms with E-state index in [1.54, 1.807) is 4.90 Å². The fourth-order valence-electron chi connectivity index (χ4n) is 2.73. The van der Waals surface area contributed by atoms with Gasteiger partial charge in [0.05, 0.1) is 18.0 Å². The van der Waals surface area contributed by atoms with Crippen molar-refractivity contribution in [2.24, 2.45) is 5.92 Å². The summed E-state index contributed by atoms with van der Waals surface area (Å²) in [6, 6.07) is 2.32. The lowest BCUT2D eigenvalue weighted by Gasteiger charge is -2.18. The first-order valence-corrected chi connectivity index (χ1v) is 8.24. The summed E-state index contributed by atoms with van der Waals surface area (Å²) in [5, 5.41) is 10.4. The number of halogens is 3. The molecule has 1 saturated heterocycles. The lowest BCUT2D eigenvalue weighted by atomic mass is 10.1. The molecule has 1 amide bonds. The van der Waals surface area contributed by atoms with Gasteiger partial charge in [-0.05, 0) is 18.6 Å². The van der Waals surface area contributed by atoms with Gasteiger partial charge in [-0.3, -0.25) is 4.79 Å². The van der Waals surface area contributed by atoms with Crippen LogP contribution in [0.1, 0.15) is 30.7 Å². The van der Waals surface area contributed by atoms with Gasteiger partial charge in [0.25, 0.3) is 0 Å². The number of alkyl halides is 3. The molecule has 7 nitrogen and oxygen atoms in total. The predicted octanol–water partition coefficient (Wildman–Crippen LogP) is 2.19. The number of hydrogen-bond acceptors (Lipinski definition) is 6. The lowest BCUT2D eigenvalue weighted by Crippen LogP contribution is -2.32. The molecule has 1 aliphatic heterocycles. The molecule has 0 aliphatic carbocycles. The number of aryl methyl sites for hydroxylation is 1. The number of carbonyl (C=O) groups is 1. The number of amides is 1. The molecule has 3 heterocycles. The second-order valence-corrected chi connectivity index (χ2v) is 6.00. The van der Waals surface area contributed by atoms with Gasteiger partial charge in [0.2, 0.25) is 17.7 Å². The van der Waals surface area contributed by atoms with Crippen molar-refractivity contribution in [3.8, 4) is 0 Å². The third-order valence-corrected chi connectivity index (χ3v) is 4.18. The van der Waals surface area contributed by atoms with Crippen LogP contribution in [0.4, 0.5) is 19.0 Å².